The summed E-state index contributed by atoms with van der Waals surface area (Å²) < 4.78 is 0. The van der Waals surface area contributed by atoms with Gasteiger partial charge in [-0.15, -0.1) is 0 Å². The molecule has 0 bridgehead atoms. The topological polar surface area (TPSA) is 57.4 Å². The van der Waals surface area contributed by atoms with Gasteiger partial charge in [0.1, 0.15) is 11.6 Å². The first-order chi connectivity index (χ1) is 13.2. The van der Waals surface area contributed by atoms with Gasteiger partial charge >= 0.3 is 0 Å². The van der Waals surface area contributed by atoms with Crippen molar-refractivity contribution in [1.29, 1.82) is 0 Å². The van der Waals surface area contributed by atoms with Gasteiger partial charge in [-0.05, 0) is 53.9 Å². The maximum atomic E-state index is 4.77. The van der Waals surface area contributed by atoms with Gasteiger partial charge in [-0.1, -0.05) is 38.1 Å². The van der Waals surface area contributed by atoms with E-state index in [0.717, 1.165) is 44.8 Å². The number of benzene rings is 3. The van der Waals surface area contributed by atoms with Crippen LogP contribution >= 0.6 is 0 Å². The van der Waals surface area contributed by atoms with Gasteiger partial charge in [0.25, 0.3) is 0 Å². The lowest BCUT2D eigenvalue weighted by Gasteiger charge is -2.10. The number of imidazole rings is 2. The summed E-state index contributed by atoms with van der Waals surface area (Å²) >= 11 is 0. The highest BCUT2D eigenvalue weighted by molar-refractivity contribution is 5.82. The largest absolute Gasteiger partial charge is 0.338 e. The van der Waals surface area contributed by atoms with Crippen molar-refractivity contribution in [3.63, 3.8) is 0 Å². The van der Waals surface area contributed by atoms with Crippen LogP contribution in [0.5, 0.6) is 0 Å². The summed E-state index contributed by atoms with van der Waals surface area (Å²) in [6, 6.07) is 22.8. The molecule has 3 aromatic carbocycles. The third-order valence-electron chi connectivity index (χ3n) is 4.95. The second-order valence-corrected chi connectivity index (χ2v) is 7.20. The van der Waals surface area contributed by atoms with Crippen LogP contribution in [0.4, 0.5) is 0 Å². The van der Waals surface area contributed by atoms with Crippen molar-refractivity contribution in [2.24, 2.45) is 0 Å². The summed E-state index contributed by atoms with van der Waals surface area (Å²) in [5.41, 5.74) is 7.48. The van der Waals surface area contributed by atoms with Crippen LogP contribution in [-0.4, -0.2) is 19.9 Å². The number of nitrogens with zero attached hydrogens (tertiary/aromatic N) is 2. The van der Waals surface area contributed by atoms with Gasteiger partial charge in [0.15, 0.2) is 0 Å². The summed E-state index contributed by atoms with van der Waals surface area (Å²) in [7, 11) is 0. The molecule has 5 aromatic rings. The van der Waals surface area contributed by atoms with Crippen LogP contribution in [0.2, 0.25) is 0 Å². The molecular weight excluding hydrogens is 332 g/mol. The molecule has 0 spiro atoms. The number of hydrogen-bond donors (Lipinski definition) is 2. The number of para-hydroxylation sites is 4. The Kier molecular flexibility index (Phi) is 3.57. The van der Waals surface area contributed by atoms with Gasteiger partial charge in [0.05, 0.1) is 22.1 Å². The fraction of sp³-hybridized carbons (Fsp3) is 0.130. The summed E-state index contributed by atoms with van der Waals surface area (Å²) in [5.74, 6) is 2.18. The summed E-state index contributed by atoms with van der Waals surface area (Å²) in [5, 5.41) is 0. The summed E-state index contributed by atoms with van der Waals surface area (Å²) in [6.07, 6.45) is 0. The van der Waals surface area contributed by atoms with E-state index in [0.29, 0.717) is 5.92 Å². The standard InChI is InChI=1S/C23H20N4/c1-14(2)15-11-16(22-24-18-7-3-4-8-19(18)25-22)13-17(12-15)23-26-20-9-5-6-10-21(20)27-23/h3-14H,1-2H3,(H,24,25)(H,26,27). The first-order valence-electron chi connectivity index (χ1n) is 9.22. The number of nitrogens with one attached hydrogen (secondary N) is 2. The predicted molar refractivity (Wildman–Crippen MR) is 111 cm³/mol. The average molecular weight is 352 g/mol. The van der Waals surface area contributed by atoms with E-state index < -0.39 is 0 Å². The number of hydrogen-bond acceptors (Lipinski definition) is 2. The average Bonchev–Trinajstić information content (AvgIpc) is 3.31. The zero-order valence-corrected chi connectivity index (χ0v) is 15.3. The van der Waals surface area contributed by atoms with Crippen LogP contribution in [0, 0.1) is 0 Å². The number of rotatable bonds is 3. The van der Waals surface area contributed by atoms with E-state index in [1.165, 1.54) is 5.56 Å². The molecule has 0 unspecified atom stereocenters. The molecule has 0 aliphatic carbocycles. The molecule has 0 saturated carbocycles. The molecule has 0 aliphatic heterocycles. The van der Waals surface area contributed by atoms with Crippen molar-refractivity contribution in [2.45, 2.75) is 19.8 Å². The third-order valence-corrected chi connectivity index (χ3v) is 4.95. The maximum Gasteiger partial charge on any atom is 0.138 e. The first-order valence-corrected chi connectivity index (χ1v) is 9.22. The van der Waals surface area contributed by atoms with Gasteiger partial charge in [-0.2, -0.15) is 0 Å². The number of aromatic nitrogens is 4. The van der Waals surface area contributed by atoms with Crippen molar-refractivity contribution >= 4 is 22.1 Å². The quantitative estimate of drug-likeness (QED) is 0.425. The van der Waals surface area contributed by atoms with Crippen LogP contribution in [0.25, 0.3) is 44.8 Å². The number of fused-ring (bicyclic) bond motifs is 2. The van der Waals surface area contributed by atoms with Crippen molar-refractivity contribution in [1.82, 2.24) is 19.9 Å². The van der Waals surface area contributed by atoms with Crippen LogP contribution < -0.4 is 0 Å². The lowest BCUT2D eigenvalue weighted by molar-refractivity contribution is 0.867. The van der Waals surface area contributed by atoms with Gasteiger partial charge in [-0.3, -0.25) is 0 Å². The Morgan fingerprint density at radius 1 is 0.667 bits per heavy atom. The van der Waals surface area contributed by atoms with Crippen molar-refractivity contribution in [3.05, 3.63) is 72.3 Å². The Labute approximate surface area is 157 Å². The Balaban J connectivity index is 1.69. The van der Waals surface area contributed by atoms with E-state index in [1.807, 2.05) is 36.4 Å². The Morgan fingerprint density at radius 3 is 1.59 bits per heavy atom. The van der Waals surface area contributed by atoms with Gasteiger partial charge in [0, 0.05) is 11.1 Å². The second kappa shape index (κ2) is 6.09. The van der Waals surface area contributed by atoms with E-state index in [1.54, 1.807) is 0 Å². The van der Waals surface area contributed by atoms with Crippen molar-refractivity contribution < 1.29 is 0 Å². The highest BCUT2D eigenvalue weighted by atomic mass is 14.9. The first kappa shape index (κ1) is 15.8. The molecule has 4 nitrogen and oxygen atoms in total. The van der Waals surface area contributed by atoms with Crippen molar-refractivity contribution in [2.75, 3.05) is 0 Å². The zero-order chi connectivity index (χ0) is 18.4. The number of H-pyrrole nitrogens is 2. The van der Waals surface area contributed by atoms with Crippen LogP contribution in [0.3, 0.4) is 0 Å². The lowest BCUT2D eigenvalue weighted by Crippen LogP contribution is -1.92. The predicted octanol–water partition coefficient (Wildman–Crippen LogP) is 5.90. The van der Waals surface area contributed by atoms with Gasteiger partial charge < -0.3 is 9.97 Å². The normalized spacial score (nSPS) is 11.7. The number of aromatic amines is 2. The highest BCUT2D eigenvalue weighted by Crippen LogP contribution is 2.30. The fourth-order valence-corrected chi connectivity index (χ4v) is 3.44. The molecule has 5 rings (SSSR count). The second-order valence-electron chi connectivity index (χ2n) is 7.20. The smallest absolute Gasteiger partial charge is 0.138 e. The van der Waals surface area contributed by atoms with E-state index in [-0.39, 0.29) is 0 Å². The molecule has 2 aromatic heterocycles. The van der Waals surface area contributed by atoms with Gasteiger partial charge in [-0.25, -0.2) is 9.97 Å². The van der Waals surface area contributed by atoms with Crippen LogP contribution in [-0.2, 0) is 0 Å². The van der Waals surface area contributed by atoms with E-state index >= 15 is 0 Å². The highest BCUT2D eigenvalue weighted by Gasteiger charge is 2.13. The van der Waals surface area contributed by atoms with Gasteiger partial charge in [0.2, 0.25) is 0 Å². The lowest BCUT2D eigenvalue weighted by atomic mass is 9.97. The molecule has 0 radical (unpaired) electrons. The molecular formula is C23H20N4. The van der Waals surface area contributed by atoms with E-state index in [2.05, 4.69) is 54.1 Å². The van der Waals surface area contributed by atoms with Crippen LogP contribution in [0.1, 0.15) is 25.3 Å². The molecule has 27 heavy (non-hydrogen) atoms. The monoisotopic (exact) mass is 352 g/mol. The van der Waals surface area contributed by atoms with Crippen LogP contribution in [0.15, 0.2) is 66.7 Å². The molecule has 4 heteroatoms. The molecule has 132 valence electrons. The molecule has 0 amide bonds. The molecule has 0 aliphatic rings. The SMILES string of the molecule is CC(C)c1cc(-c2nc3ccccc3[nH]2)cc(-c2nc3ccccc3[nH]2)c1. The third kappa shape index (κ3) is 2.79. The van der Waals surface area contributed by atoms with Crippen molar-refractivity contribution in [3.8, 4) is 22.8 Å². The minimum atomic E-state index is 0.414. The maximum absolute atomic E-state index is 4.77. The molecule has 2 N–H and O–H groups in total. The molecule has 0 saturated heterocycles. The molecule has 0 fully saturated rings. The Morgan fingerprint density at radius 2 is 1.15 bits per heavy atom. The van der Waals surface area contributed by atoms with E-state index in [9.17, 15) is 0 Å². The molecule has 2 heterocycles. The minimum absolute atomic E-state index is 0.414. The minimum Gasteiger partial charge on any atom is -0.338 e. The molecule has 0 atom stereocenters. The Hall–Kier alpha value is -3.40. The Bertz CT molecular complexity index is 1100. The summed E-state index contributed by atoms with van der Waals surface area (Å²) in [4.78, 5) is 16.4. The van der Waals surface area contributed by atoms with E-state index in [4.69, 9.17) is 9.97 Å². The fourth-order valence-electron chi connectivity index (χ4n) is 3.44. The summed E-state index contributed by atoms with van der Waals surface area (Å²) in [6.45, 7) is 4.42. The zero-order valence-electron chi connectivity index (χ0n) is 15.3.